The number of amides is 2. The number of carbonyl (C=O) groups excluding carboxylic acids is 2. The fourth-order valence-electron chi connectivity index (χ4n) is 5.83. The summed E-state index contributed by atoms with van der Waals surface area (Å²) in [7, 11) is 0. The van der Waals surface area contributed by atoms with Crippen molar-refractivity contribution in [2.75, 3.05) is 6.54 Å². The smallest absolute Gasteiger partial charge is 0.305 e. The maximum atomic E-state index is 14.1. The Balaban J connectivity index is 1.42. The summed E-state index contributed by atoms with van der Waals surface area (Å²) in [6.07, 6.45) is 3.09. The fraction of sp³-hybridized carbons (Fsp3) is 0.250. The summed E-state index contributed by atoms with van der Waals surface area (Å²) in [6, 6.07) is 32.6. The van der Waals surface area contributed by atoms with E-state index in [1.54, 1.807) is 23.1 Å². The fourth-order valence-corrected chi connectivity index (χ4v) is 5.83. The molecule has 214 valence electrons. The third-order valence-corrected chi connectivity index (χ3v) is 8.11. The molecule has 2 atom stereocenters. The zero-order valence-electron chi connectivity index (χ0n) is 23.8. The van der Waals surface area contributed by atoms with Gasteiger partial charge >= 0.3 is 5.97 Å². The van der Waals surface area contributed by atoms with E-state index in [1.807, 2.05) is 67.6 Å². The molecule has 1 aliphatic rings. The van der Waals surface area contributed by atoms with Crippen molar-refractivity contribution in [2.45, 2.75) is 51.1 Å². The van der Waals surface area contributed by atoms with Gasteiger partial charge in [-0.05, 0) is 72.6 Å². The van der Waals surface area contributed by atoms with E-state index in [-0.39, 0.29) is 36.9 Å². The summed E-state index contributed by atoms with van der Waals surface area (Å²) in [5, 5.41) is 12.6. The second-order valence-electron chi connectivity index (χ2n) is 10.9. The number of aliphatic carboxylic acids is 1. The average Bonchev–Trinajstić information content (AvgIpc) is 3.43. The lowest BCUT2D eigenvalue weighted by molar-refractivity contribution is -0.137. The van der Waals surface area contributed by atoms with Crippen LogP contribution in [0.15, 0.2) is 103 Å². The van der Waals surface area contributed by atoms with E-state index in [0.29, 0.717) is 28.7 Å². The highest BCUT2D eigenvalue weighted by atomic mass is 16.4. The standard InChI is InChI=1S/C36H36N2O4/c1-25(19-20-26-11-3-2-4-12-26)38(24-23-34(39)40)36(42)32-18-10-8-16-30(32)29-15-7-9-17-31(29)35(41)37-33-22-21-27-13-5-6-14-28(27)33/h2-18,25,33H,19-24H2,1H3,(H,37,41)(H,39,40). The van der Waals surface area contributed by atoms with E-state index in [0.717, 1.165) is 24.8 Å². The first-order valence-corrected chi connectivity index (χ1v) is 14.6. The van der Waals surface area contributed by atoms with Gasteiger partial charge in [0.1, 0.15) is 0 Å². The lowest BCUT2D eigenvalue weighted by Crippen LogP contribution is -2.40. The largest absolute Gasteiger partial charge is 0.481 e. The number of rotatable bonds is 11. The average molecular weight is 561 g/mol. The van der Waals surface area contributed by atoms with Crippen molar-refractivity contribution >= 4 is 17.8 Å². The van der Waals surface area contributed by atoms with Crippen molar-refractivity contribution < 1.29 is 19.5 Å². The second kappa shape index (κ2) is 13.3. The molecule has 0 fully saturated rings. The molecule has 1 aliphatic carbocycles. The third kappa shape index (κ3) is 6.60. The molecule has 0 saturated heterocycles. The van der Waals surface area contributed by atoms with E-state index >= 15 is 0 Å². The van der Waals surface area contributed by atoms with Gasteiger partial charge in [0.15, 0.2) is 0 Å². The Hall–Kier alpha value is -4.71. The van der Waals surface area contributed by atoms with Crippen LogP contribution in [0.3, 0.4) is 0 Å². The van der Waals surface area contributed by atoms with Crippen LogP contribution in [-0.4, -0.2) is 40.4 Å². The molecule has 42 heavy (non-hydrogen) atoms. The number of nitrogens with zero attached hydrogens (tertiary/aromatic N) is 1. The van der Waals surface area contributed by atoms with Gasteiger partial charge in [-0.1, -0.05) is 91.0 Å². The Labute approximate surface area is 247 Å². The molecular weight excluding hydrogens is 524 g/mol. The van der Waals surface area contributed by atoms with Crippen LogP contribution in [0.4, 0.5) is 0 Å². The number of carboxylic acid groups (broad SMARTS) is 1. The molecule has 4 aromatic carbocycles. The van der Waals surface area contributed by atoms with Crippen molar-refractivity contribution in [3.63, 3.8) is 0 Å². The van der Waals surface area contributed by atoms with Crippen LogP contribution in [0.2, 0.25) is 0 Å². The van der Waals surface area contributed by atoms with Gasteiger partial charge in [0.25, 0.3) is 11.8 Å². The van der Waals surface area contributed by atoms with Crippen LogP contribution >= 0.6 is 0 Å². The Morgan fingerprint density at radius 1 is 0.833 bits per heavy atom. The Kier molecular flexibility index (Phi) is 9.12. The first kappa shape index (κ1) is 28.8. The number of nitrogens with one attached hydrogen (secondary N) is 1. The number of fused-ring (bicyclic) bond motifs is 1. The van der Waals surface area contributed by atoms with Gasteiger partial charge in [-0.3, -0.25) is 14.4 Å². The van der Waals surface area contributed by atoms with Crippen LogP contribution in [-0.2, 0) is 17.6 Å². The Bertz CT molecular complexity index is 1570. The quantitative estimate of drug-likeness (QED) is 0.214. The molecule has 0 heterocycles. The van der Waals surface area contributed by atoms with Crippen LogP contribution in [0.5, 0.6) is 0 Å². The van der Waals surface area contributed by atoms with Gasteiger partial charge in [-0.25, -0.2) is 0 Å². The topological polar surface area (TPSA) is 86.7 Å². The molecule has 0 saturated carbocycles. The molecule has 2 amide bonds. The van der Waals surface area contributed by atoms with Gasteiger partial charge in [0.05, 0.1) is 12.5 Å². The second-order valence-corrected chi connectivity index (χ2v) is 10.9. The Morgan fingerprint density at radius 2 is 1.45 bits per heavy atom. The van der Waals surface area contributed by atoms with Gasteiger partial charge in [-0.15, -0.1) is 0 Å². The predicted octanol–water partition coefficient (Wildman–Crippen LogP) is 6.71. The minimum Gasteiger partial charge on any atom is -0.481 e. The highest BCUT2D eigenvalue weighted by molar-refractivity contribution is 6.06. The molecule has 0 aromatic heterocycles. The Morgan fingerprint density at radius 3 is 2.19 bits per heavy atom. The zero-order valence-corrected chi connectivity index (χ0v) is 23.8. The van der Waals surface area contributed by atoms with Gasteiger partial charge < -0.3 is 15.3 Å². The molecule has 6 heteroatoms. The van der Waals surface area contributed by atoms with Crippen LogP contribution in [0.1, 0.15) is 69.6 Å². The molecule has 6 nitrogen and oxygen atoms in total. The van der Waals surface area contributed by atoms with Crippen LogP contribution < -0.4 is 5.32 Å². The monoisotopic (exact) mass is 560 g/mol. The van der Waals surface area contributed by atoms with Gasteiger partial charge in [-0.2, -0.15) is 0 Å². The summed E-state index contributed by atoms with van der Waals surface area (Å²) < 4.78 is 0. The predicted molar refractivity (Wildman–Crippen MR) is 164 cm³/mol. The van der Waals surface area contributed by atoms with E-state index in [1.165, 1.54) is 11.1 Å². The number of hydrogen-bond donors (Lipinski definition) is 2. The molecule has 0 aliphatic heterocycles. The third-order valence-electron chi connectivity index (χ3n) is 8.11. The molecule has 0 bridgehead atoms. The summed E-state index contributed by atoms with van der Waals surface area (Å²) in [5.74, 6) is -1.38. The normalized spacial score (nSPS) is 14.5. The minimum absolute atomic E-state index is 0.0596. The first-order chi connectivity index (χ1) is 20.4. The SMILES string of the molecule is CC(CCc1ccccc1)N(CCC(=O)O)C(=O)c1ccccc1-c1ccccc1C(=O)NC1CCc2ccccc21. The summed E-state index contributed by atoms with van der Waals surface area (Å²) in [6.45, 7) is 2.06. The summed E-state index contributed by atoms with van der Waals surface area (Å²) >= 11 is 0. The van der Waals surface area contributed by atoms with E-state index in [4.69, 9.17) is 0 Å². The van der Waals surface area contributed by atoms with E-state index in [9.17, 15) is 19.5 Å². The molecule has 0 radical (unpaired) electrons. The van der Waals surface area contributed by atoms with Gasteiger partial charge in [0.2, 0.25) is 0 Å². The number of benzene rings is 4. The lowest BCUT2D eigenvalue weighted by atomic mass is 9.93. The molecule has 2 N–H and O–H groups in total. The zero-order chi connectivity index (χ0) is 29.5. The molecule has 2 unspecified atom stereocenters. The van der Waals surface area contributed by atoms with Crippen molar-refractivity contribution in [1.82, 2.24) is 10.2 Å². The molecular formula is C36H36N2O4. The molecule has 4 aromatic rings. The van der Waals surface area contributed by atoms with E-state index < -0.39 is 5.97 Å². The number of carboxylic acids is 1. The summed E-state index contributed by atoms with van der Waals surface area (Å²) in [5.41, 5.74) is 5.83. The first-order valence-electron chi connectivity index (χ1n) is 14.6. The minimum atomic E-state index is -0.952. The van der Waals surface area contributed by atoms with E-state index in [2.05, 4.69) is 29.6 Å². The van der Waals surface area contributed by atoms with Crippen molar-refractivity contribution in [1.29, 1.82) is 0 Å². The molecule has 0 spiro atoms. The van der Waals surface area contributed by atoms with Crippen LogP contribution in [0, 0.1) is 0 Å². The maximum absolute atomic E-state index is 14.1. The number of aryl methyl sites for hydroxylation is 2. The number of carbonyl (C=O) groups is 3. The lowest BCUT2D eigenvalue weighted by Gasteiger charge is -2.30. The van der Waals surface area contributed by atoms with Crippen molar-refractivity contribution in [3.05, 3.63) is 131 Å². The highest BCUT2D eigenvalue weighted by Gasteiger charge is 2.28. The number of hydrogen-bond acceptors (Lipinski definition) is 3. The van der Waals surface area contributed by atoms with Crippen molar-refractivity contribution in [3.8, 4) is 11.1 Å². The molecule has 5 rings (SSSR count). The maximum Gasteiger partial charge on any atom is 0.305 e. The van der Waals surface area contributed by atoms with Gasteiger partial charge in [0, 0.05) is 23.7 Å². The van der Waals surface area contributed by atoms with Crippen molar-refractivity contribution in [2.24, 2.45) is 0 Å². The summed E-state index contributed by atoms with van der Waals surface area (Å²) in [4.78, 5) is 41.0. The highest BCUT2D eigenvalue weighted by Crippen LogP contribution is 2.33. The van der Waals surface area contributed by atoms with Crippen LogP contribution in [0.25, 0.3) is 11.1 Å².